The van der Waals surface area contributed by atoms with E-state index in [9.17, 15) is 24.9 Å². The Morgan fingerprint density at radius 2 is 1.82 bits per heavy atom. The van der Waals surface area contributed by atoms with Gasteiger partial charge < -0.3 is 56.9 Å². The van der Waals surface area contributed by atoms with Crippen molar-refractivity contribution < 1.29 is 39.1 Å². The Labute approximate surface area is 334 Å². The summed E-state index contributed by atoms with van der Waals surface area (Å²) in [5.41, 5.74) is 13.0. The van der Waals surface area contributed by atoms with Gasteiger partial charge in [-0.2, -0.15) is 0 Å². The third-order valence-electron chi connectivity index (χ3n) is 15.7. The Kier molecular flexibility index (Phi) is 14.0. The summed E-state index contributed by atoms with van der Waals surface area (Å²) >= 11 is 0. The molecule has 15 unspecified atom stereocenters. The van der Waals surface area contributed by atoms with Gasteiger partial charge in [0, 0.05) is 30.4 Å². The van der Waals surface area contributed by atoms with Crippen molar-refractivity contribution >= 4 is 11.8 Å². The van der Waals surface area contributed by atoms with E-state index in [4.69, 9.17) is 25.7 Å². The van der Waals surface area contributed by atoms with Gasteiger partial charge in [-0.15, -0.1) is 0 Å². The Morgan fingerprint density at radius 1 is 1.00 bits per heavy atom. The highest BCUT2D eigenvalue weighted by molar-refractivity contribution is 5.89. The number of allylic oxidation sites excluding steroid dienone is 1. The number of nitrogens with two attached hydrogens (primary N) is 2. The number of ether oxygens (including phenoxy) is 3. The molecule has 18 atom stereocenters. The van der Waals surface area contributed by atoms with Crippen LogP contribution in [0.25, 0.3) is 0 Å². The first kappa shape index (κ1) is 42.6. The lowest BCUT2D eigenvalue weighted by Crippen LogP contribution is -2.71. The zero-order valence-corrected chi connectivity index (χ0v) is 34.2. The van der Waals surface area contributed by atoms with Crippen molar-refractivity contribution in [1.82, 2.24) is 16.0 Å². The Bertz CT molecular complexity index is 1380. The fraction of sp³-hybridized carbons (Fsp3) is 0.907. The molecule has 0 aromatic carbocycles. The number of aliphatic hydroxyl groups excluding tert-OH is 3. The Balaban J connectivity index is 1.35. The number of carbonyl (C=O) groups is 2. The molecule has 2 aliphatic carbocycles. The first-order chi connectivity index (χ1) is 26.9. The van der Waals surface area contributed by atoms with Gasteiger partial charge in [0.05, 0.1) is 55.4 Å². The summed E-state index contributed by atoms with van der Waals surface area (Å²) in [5.74, 6) is -0.956. The van der Waals surface area contributed by atoms with Crippen molar-refractivity contribution in [2.45, 2.75) is 159 Å². The zero-order chi connectivity index (χ0) is 39.7. The maximum Gasteiger partial charge on any atom is 0.335 e. The van der Waals surface area contributed by atoms with Crippen molar-refractivity contribution in [2.75, 3.05) is 32.8 Å². The summed E-state index contributed by atoms with van der Waals surface area (Å²) < 4.78 is 21.1. The smallest absolute Gasteiger partial charge is 0.335 e. The number of carbonyl (C=O) groups excluding carboxylic acids is 2. The summed E-state index contributed by atoms with van der Waals surface area (Å²) in [6, 6.07) is 0. The predicted octanol–water partition coefficient (Wildman–Crippen LogP) is 2.10. The van der Waals surface area contributed by atoms with Crippen molar-refractivity contribution in [3.05, 3.63) is 11.6 Å². The lowest BCUT2D eigenvalue weighted by Gasteiger charge is -2.62. The average Bonchev–Trinajstić information content (AvgIpc) is 3.17. The molecule has 7 rings (SSSR count). The molecule has 0 aromatic heterocycles. The number of piperidine rings is 2. The van der Waals surface area contributed by atoms with Gasteiger partial charge in [0.1, 0.15) is 17.5 Å². The molecule has 5 saturated heterocycles. The SMILES string of the molecule is CC=C(CNCC)C(=O)O[C@H]1CC2C(O)C3C(=O)CC(CO)OC3C3C(CC4CCCC(O)C4)C4CCNC(N)C4CC[C@@H](CC4CCC(N)NC4)[C@]1(C)OC23. The topological polar surface area (TPSA) is 211 Å². The van der Waals surface area contributed by atoms with E-state index in [1.165, 1.54) is 0 Å². The second-order valence-electron chi connectivity index (χ2n) is 19.0. The summed E-state index contributed by atoms with van der Waals surface area (Å²) in [7, 11) is 0. The number of esters is 1. The van der Waals surface area contributed by atoms with Gasteiger partial charge >= 0.3 is 5.97 Å². The van der Waals surface area contributed by atoms with Gasteiger partial charge in [0.25, 0.3) is 0 Å². The van der Waals surface area contributed by atoms with Crippen LogP contribution in [0, 0.1) is 53.3 Å². The molecular weight excluding hydrogens is 714 g/mol. The molecule has 5 aliphatic heterocycles. The minimum Gasteiger partial charge on any atom is -0.456 e. The van der Waals surface area contributed by atoms with Crippen molar-refractivity contribution in [2.24, 2.45) is 64.7 Å². The van der Waals surface area contributed by atoms with Crippen molar-refractivity contribution in [3.63, 3.8) is 0 Å². The molecule has 10 N–H and O–H groups in total. The maximum absolute atomic E-state index is 14.2. The molecular formula is C43H73N5O8. The van der Waals surface area contributed by atoms with Gasteiger partial charge in [0.2, 0.25) is 0 Å². The number of likely N-dealkylation sites (N-methyl/N-ethyl adjacent to an activating group) is 1. The fourth-order valence-corrected chi connectivity index (χ4v) is 12.7. The highest BCUT2D eigenvalue weighted by atomic mass is 16.6. The van der Waals surface area contributed by atoms with Crippen LogP contribution in [0.3, 0.4) is 0 Å². The normalized spacial score (nSPS) is 47.3. The van der Waals surface area contributed by atoms with E-state index in [-0.39, 0.29) is 66.8 Å². The average molecular weight is 788 g/mol. The molecule has 2 saturated carbocycles. The first-order valence-electron chi connectivity index (χ1n) is 22.3. The van der Waals surface area contributed by atoms with Crippen LogP contribution in [0.5, 0.6) is 0 Å². The predicted molar refractivity (Wildman–Crippen MR) is 212 cm³/mol. The molecule has 56 heavy (non-hydrogen) atoms. The highest BCUT2D eigenvalue weighted by Crippen LogP contribution is 2.58. The molecule has 7 aliphatic rings. The third kappa shape index (κ3) is 8.69. The van der Waals surface area contributed by atoms with Crippen molar-refractivity contribution in [3.8, 4) is 0 Å². The second-order valence-corrected chi connectivity index (χ2v) is 19.0. The minimum atomic E-state index is -1.06. The van der Waals surface area contributed by atoms with E-state index in [0.717, 1.165) is 83.7 Å². The standard InChI is InChI=1S/C43H73N5O8/c1-4-25(21-46-5-2)42(53)55-34-19-32-38(52)37-33(51)18-28(22-49)54-40(37)36-31(17-23-7-6-8-27(50)16-23)29-13-14-47-41(45)30(29)11-10-26(43(34,3)56-39(32)36)15-24-9-12-35(44)48-20-24/h4,23-24,26-32,34-41,46-50,52H,5-22,44-45H2,1-3H3/t23?,24?,26-,27?,28?,29?,30?,31?,32?,34-,35?,36?,37?,38?,39?,40?,41?,43-/m0/s1. The van der Waals surface area contributed by atoms with Crippen LogP contribution in [-0.2, 0) is 23.8 Å². The molecule has 7 fully saturated rings. The number of rotatable bonds is 10. The van der Waals surface area contributed by atoms with Crippen LogP contribution < -0.4 is 27.4 Å². The van der Waals surface area contributed by atoms with Gasteiger partial charge in [0.15, 0.2) is 0 Å². The Morgan fingerprint density at radius 3 is 2.54 bits per heavy atom. The third-order valence-corrected chi connectivity index (χ3v) is 15.7. The number of Topliss-reactive ketones (excluding diaryl/α,β-unsaturated/α-hetero) is 1. The monoisotopic (exact) mass is 788 g/mol. The molecule has 2 bridgehead atoms. The number of hydrogen-bond donors (Lipinski definition) is 8. The number of hydrogen-bond acceptors (Lipinski definition) is 13. The fourth-order valence-electron chi connectivity index (χ4n) is 12.7. The van der Waals surface area contributed by atoms with E-state index >= 15 is 0 Å². The highest BCUT2D eigenvalue weighted by Gasteiger charge is 2.65. The summed E-state index contributed by atoms with van der Waals surface area (Å²) in [6.45, 7) is 8.41. The molecule has 13 nitrogen and oxygen atoms in total. The van der Waals surface area contributed by atoms with E-state index in [1.807, 2.05) is 13.8 Å². The molecule has 5 heterocycles. The van der Waals surface area contributed by atoms with E-state index in [0.29, 0.717) is 36.9 Å². The van der Waals surface area contributed by atoms with Crippen LogP contribution >= 0.6 is 0 Å². The first-order valence-corrected chi connectivity index (χ1v) is 22.3. The zero-order valence-electron chi connectivity index (χ0n) is 34.2. The van der Waals surface area contributed by atoms with E-state index in [2.05, 4.69) is 22.9 Å². The Hall–Kier alpha value is -1.52. The van der Waals surface area contributed by atoms with Crippen molar-refractivity contribution in [1.29, 1.82) is 0 Å². The largest absolute Gasteiger partial charge is 0.456 e. The summed E-state index contributed by atoms with van der Waals surface area (Å²) in [5, 5.41) is 44.1. The second kappa shape index (κ2) is 18.4. The molecule has 13 heteroatoms. The number of aliphatic hydroxyl groups is 3. The number of fused-ring (bicyclic) bond motifs is 4. The van der Waals surface area contributed by atoms with Crippen LogP contribution in [0.15, 0.2) is 11.6 Å². The van der Waals surface area contributed by atoms with E-state index < -0.39 is 53.9 Å². The number of nitrogens with one attached hydrogen (secondary N) is 3. The quantitative estimate of drug-likeness (QED) is 0.118. The molecule has 0 spiro atoms. The molecule has 0 amide bonds. The lowest BCUT2D eigenvalue weighted by atomic mass is 9.53. The van der Waals surface area contributed by atoms with Gasteiger partial charge in [-0.25, -0.2) is 4.79 Å². The van der Waals surface area contributed by atoms with Crippen LogP contribution in [0.2, 0.25) is 0 Å². The molecule has 0 radical (unpaired) electrons. The van der Waals surface area contributed by atoms with Gasteiger partial charge in [-0.05, 0) is 133 Å². The molecule has 318 valence electrons. The molecule has 0 aromatic rings. The summed E-state index contributed by atoms with van der Waals surface area (Å²) in [6.07, 6.45) is 7.94. The van der Waals surface area contributed by atoms with E-state index in [1.54, 1.807) is 6.08 Å². The maximum atomic E-state index is 14.2. The summed E-state index contributed by atoms with van der Waals surface area (Å²) in [4.78, 5) is 28.3. The van der Waals surface area contributed by atoms with Gasteiger partial charge in [-0.3, -0.25) is 4.79 Å². The van der Waals surface area contributed by atoms with Crippen LogP contribution in [0.1, 0.15) is 104 Å². The minimum absolute atomic E-state index is 0.000344. The van der Waals surface area contributed by atoms with Crippen LogP contribution in [-0.4, -0.2) is 114 Å². The lowest BCUT2D eigenvalue weighted by molar-refractivity contribution is -0.306. The van der Waals surface area contributed by atoms with Gasteiger partial charge in [-0.1, -0.05) is 25.8 Å². The number of ketones is 1. The van der Waals surface area contributed by atoms with Crippen LogP contribution in [0.4, 0.5) is 0 Å².